The predicted octanol–water partition coefficient (Wildman–Crippen LogP) is 2.36. The Balaban J connectivity index is 2.46. The number of hydrogen-bond donors (Lipinski definition) is 1. The van der Waals surface area contributed by atoms with E-state index in [0.29, 0.717) is 6.54 Å². The SMILES string of the molecule is COc1cccc(-c2nc(CCN)n(C)c2Br)c1. The second-order valence-corrected chi connectivity index (χ2v) is 4.75. The largest absolute Gasteiger partial charge is 0.497 e. The molecule has 0 aliphatic carbocycles. The number of halogens is 1. The number of aromatic nitrogens is 2. The van der Waals surface area contributed by atoms with E-state index in [0.717, 1.165) is 33.9 Å². The molecule has 5 heteroatoms. The van der Waals surface area contributed by atoms with Gasteiger partial charge in [-0.25, -0.2) is 4.98 Å². The summed E-state index contributed by atoms with van der Waals surface area (Å²) in [5.41, 5.74) is 7.53. The third-order valence-corrected chi connectivity index (χ3v) is 3.74. The van der Waals surface area contributed by atoms with Gasteiger partial charge in [0.2, 0.25) is 0 Å². The van der Waals surface area contributed by atoms with Gasteiger partial charge in [-0.1, -0.05) is 12.1 Å². The molecule has 0 fully saturated rings. The Bertz CT molecular complexity index is 551. The molecular weight excluding hydrogens is 294 g/mol. The first-order valence-corrected chi connectivity index (χ1v) is 6.52. The maximum atomic E-state index is 5.58. The molecule has 0 saturated carbocycles. The van der Waals surface area contributed by atoms with Crippen molar-refractivity contribution in [3.05, 3.63) is 34.7 Å². The van der Waals surface area contributed by atoms with Gasteiger partial charge in [-0.2, -0.15) is 0 Å². The van der Waals surface area contributed by atoms with Crippen molar-refractivity contribution in [1.82, 2.24) is 9.55 Å². The number of methoxy groups -OCH3 is 1. The summed E-state index contributed by atoms with van der Waals surface area (Å²) in [7, 11) is 3.64. The maximum absolute atomic E-state index is 5.58. The lowest BCUT2D eigenvalue weighted by molar-refractivity contribution is 0.415. The fourth-order valence-corrected chi connectivity index (χ4v) is 2.35. The molecule has 0 saturated heterocycles. The molecule has 18 heavy (non-hydrogen) atoms. The minimum atomic E-state index is 0.592. The number of nitrogens with two attached hydrogens (primary N) is 1. The summed E-state index contributed by atoms with van der Waals surface area (Å²) in [6.45, 7) is 0.592. The van der Waals surface area contributed by atoms with E-state index in [-0.39, 0.29) is 0 Å². The highest BCUT2D eigenvalue weighted by Crippen LogP contribution is 2.30. The Labute approximate surface area is 115 Å². The highest BCUT2D eigenvalue weighted by Gasteiger charge is 2.13. The molecule has 1 aromatic carbocycles. The first-order valence-electron chi connectivity index (χ1n) is 5.73. The highest BCUT2D eigenvalue weighted by atomic mass is 79.9. The van der Waals surface area contributed by atoms with Gasteiger partial charge in [0.15, 0.2) is 0 Å². The van der Waals surface area contributed by atoms with Crippen molar-refractivity contribution in [2.75, 3.05) is 13.7 Å². The molecular formula is C13H16BrN3O. The van der Waals surface area contributed by atoms with Crippen LogP contribution in [0.25, 0.3) is 11.3 Å². The monoisotopic (exact) mass is 309 g/mol. The molecule has 2 aromatic rings. The van der Waals surface area contributed by atoms with Crippen molar-refractivity contribution in [2.24, 2.45) is 12.8 Å². The van der Waals surface area contributed by atoms with Crippen LogP contribution in [0.2, 0.25) is 0 Å². The summed E-state index contributed by atoms with van der Waals surface area (Å²) in [6.07, 6.45) is 0.763. The third-order valence-electron chi connectivity index (χ3n) is 2.83. The first-order chi connectivity index (χ1) is 8.67. The topological polar surface area (TPSA) is 53.1 Å². The average molecular weight is 310 g/mol. The molecule has 2 N–H and O–H groups in total. The lowest BCUT2D eigenvalue weighted by Gasteiger charge is -2.02. The Hall–Kier alpha value is -1.33. The van der Waals surface area contributed by atoms with Crippen LogP contribution in [-0.4, -0.2) is 23.2 Å². The molecule has 0 aliphatic rings. The van der Waals surface area contributed by atoms with Gasteiger partial charge < -0.3 is 15.0 Å². The summed E-state index contributed by atoms with van der Waals surface area (Å²) >= 11 is 3.57. The van der Waals surface area contributed by atoms with Crippen LogP contribution in [-0.2, 0) is 13.5 Å². The normalized spacial score (nSPS) is 10.7. The van der Waals surface area contributed by atoms with E-state index in [4.69, 9.17) is 10.5 Å². The molecule has 1 heterocycles. The summed E-state index contributed by atoms with van der Waals surface area (Å²) in [4.78, 5) is 4.63. The van der Waals surface area contributed by atoms with Gasteiger partial charge in [0.1, 0.15) is 21.9 Å². The van der Waals surface area contributed by atoms with Crippen molar-refractivity contribution in [3.8, 4) is 17.0 Å². The van der Waals surface area contributed by atoms with E-state index in [1.54, 1.807) is 7.11 Å². The summed E-state index contributed by atoms with van der Waals surface area (Å²) in [6, 6.07) is 7.86. The smallest absolute Gasteiger partial charge is 0.119 e. The number of rotatable bonds is 4. The van der Waals surface area contributed by atoms with Crippen LogP contribution in [0.4, 0.5) is 0 Å². The van der Waals surface area contributed by atoms with Crippen molar-refractivity contribution >= 4 is 15.9 Å². The second-order valence-electron chi connectivity index (χ2n) is 4.00. The quantitative estimate of drug-likeness (QED) is 0.943. The minimum Gasteiger partial charge on any atom is -0.497 e. The van der Waals surface area contributed by atoms with Crippen LogP contribution in [0.3, 0.4) is 0 Å². The third kappa shape index (κ3) is 2.42. The zero-order valence-electron chi connectivity index (χ0n) is 10.5. The zero-order chi connectivity index (χ0) is 13.1. The summed E-state index contributed by atoms with van der Waals surface area (Å²) in [5, 5.41) is 0. The van der Waals surface area contributed by atoms with Crippen LogP contribution in [0.1, 0.15) is 5.82 Å². The number of ether oxygens (including phenoxy) is 1. The Morgan fingerprint density at radius 2 is 2.22 bits per heavy atom. The Morgan fingerprint density at radius 3 is 2.89 bits per heavy atom. The van der Waals surface area contributed by atoms with Gasteiger partial charge in [-0.3, -0.25) is 0 Å². The molecule has 0 unspecified atom stereocenters. The number of hydrogen-bond acceptors (Lipinski definition) is 3. The van der Waals surface area contributed by atoms with Crippen molar-refractivity contribution in [2.45, 2.75) is 6.42 Å². The van der Waals surface area contributed by atoms with Gasteiger partial charge in [-0.05, 0) is 34.6 Å². The molecule has 96 valence electrons. The van der Waals surface area contributed by atoms with Gasteiger partial charge >= 0.3 is 0 Å². The molecule has 4 nitrogen and oxygen atoms in total. The molecule has 1 aromatic heterocycles. The van der Waals surface area contributed by atoms with Crippen LogP contribution < -0.4 is 10.5 Å². The second kappa shape index (κ2) is 5.54. The van der Waals surface area contributed by atoms with Gasteiger partial charge in [-0.15, -0.1) is 0 Å². The number of imidazole rings is 1. The predicted molar refractivity (Wildman–Crippen MR) is 75.7 cm³/mol. The minimum absolute atomic E-state index is 0.592. The standard InChI is InChI=1S/C13H16BrN3O/c1-17-11(6-7-15)16-12(13(17)14)9-4-3-5-10(8-9)18-2/h3-5,8H,6-7,15H2,1-2H3. The summed E-state index contributed by atoms with van der Waals surface area (Å²) in [5.74, 6) is 1.80. The molecule has 0 bridgehead atoms. The molecule has 2 rings (SSSR count). The van der Waals surface area contributed by atoms with E-state index in [2.05, 4.69) is 20.9 Å². The molecule has 0 aliphatic heterocycles. The van der Waals surface area contributed by atoms with Crippen LogP contribution in [0, 0.1) is 0 Å². The van der Waals surface area contributed by atoms with Crippen molar-refractivity contribution in [3.63, 3.8) is 0 Å². The fraction of sp³-hybridized carbons (Fsp3) is 0.308. The molecule has 0 radical (unpaired) electrons. The van der Waals surface area contributed by atoms with E-state index in [1.165, 1.54) is 0 Å². The zero-order valence-corrected chi connectivity index (χ0v) is 12.1. The molecule has 0 spiro atoms. The van der Waals surface area contributed by atoms with E-state index in [9.17, 15) is 0 Å². The maximum Gasteiger partial charge on any atom is 0.119 e. The first kappa shape index (κ1) is 13.1. The van der Waals surface area contributed by atoms with Crippen LogP contribution >= 0.6 is 15.9 Å². The van der Waals surface area contributed by atoms with Crippen molar-refractivity contribution < 1.29 is 4.74 Å². The average Bonchev–Trinajstić information content (AvgIpc) is 2.68. The van der Waals surface area contributed by atoms with E-state index >= 15 is 0 Å². The Morgan fingerprint density at radius 1 is 1.44 bits per heavy atom. The van der Waals surface area contributed by atoms with Gasteiger partial charge in [0.05, 0.1) is 7.11 Å². The van der Waals surface area contributed by atoms with Gasteiger partial charge in [0.25, 0.3) is 0 Å². The van der Waals surface area contributed by atoms with Gasteiger partial charge in [0, 0.05) is 19.0 Å². The summed E-state index contributed by atoms with van der Waals surface area (Å²) < 4.78 is 8.20. The van der Waals surface area contributed by atoms with E-state index < -0.39 is 0 Å². The molecule has 0 atom stereocenters. The van der Waals surface area contributed by atoms with Crippen molar-refractivity contribution in [1.29, 1.82) is 0 Å². The molecule has 0 amide bonds. The highest BCUT2D eigenvalue weighted by molar-refractivity contribution is 9.10. The van der Waals surface area contributed by atoms with Crippen LogP contribution in [0.15, 0.2) is 28.9 Å². The fourth-order valence-electron chi connectivity index (χ4n) is 1.83. The number of nitrogens with zero attached hydrogens (tertiary/aromatic N) is 2. The van der Waals surface area contributed by atoms with Crippen LogP contribution in [0.5, 0.6) is 5.75 Å². The number of benzene rings is 1. The lowest BCUT2D eigenvalue weighted by Crippen LogP contribution is -2.07. The Kier molecular flexibility index (Phi) is 4.04. The lowest BCUT2D eigenvalue weighted by atomic mass is 10.1. The van der Waals surface area contributed by atoms with E-state index in [1.807, 2.05) is 35.9 Å².